The Labute approximate surface area is 117 Å². The van der Waals surface area contributed by atoms with Crippen molar-refractivity contribution in [2.75, 3.05) is 13.1 Å². The van der Waals surface area contributed by atoms with E-state index in [9.17, 15) is 9.90 Å². The number of aryl methyl sites for hydroxylation is 1. The molecule has 20 heavy (non-hydrogen) atoms. The predicted molar refractivity (Wildman–Crippen MR) is 78.8 cm³/mol. The second-order valence-corrected chi connectivity index (χ2v) is 5.18. The van der Waals surface area contributed by atoms with Gasteiger partial charge in [0, 0.05) is 30.2 Å². The van der Waals surface area contributed by atoms with Gasteiger partial charge in [0.05, 0.1) is 0 Å². The van der Waals surface area contributed by atoms with E-state index in [0.29, 0.717) is 6.42 Å². The van der Waals surface area contributed by atoms with Crippen LogP contribution < -0.4 is 0 Å². The highest BCUT2D eigenvalue weighted by atomic mass is 16.4. The van der Waals surface area contributed by atoms with Crippen LogP contribution in [0.4, 0.5) is 0 Å². The Morgan fingerprint density at radius 2 is 2.05 bits per heavy atom. The van der Waals surface area contributed by atoms with Crippen molar-refractivity contribution in [3.05, 3.63) is 48.2 Å². The van der Waals surface area contributed by atoms with Gasteiger partial charge in [-0.15, -0.1) is 0 Å². The minimum atomic E-state index is -0.728. The fraction of sp³-hybridized carbons (Fsp3) is 0.312. The molecule has 0 saturated carbocycles. The summed E-state index contributed by atoms with van der Waals surface area (Å²) >= 11 is 0. The lowest BCUT2D eigenvalue weighted by atomic mass is 10.0. The van der Waals surface area contributed by atoms with Gasteiger partial charge in [0.1, 0.15) is 6.04 Å². The van der Waals surface area contributed by atoms with Crippen molar-refractivity contribution < 1.29 is 9.90 Å². The molecule has 4 nitrogen and oxygen atoms in total. The number of para-hydroxylation sites is 1. The zero-order chi connectivity index (χ0) is 13.9. The van der Waals surface area contributed by atoms with Gasteiger partial charge in [0.15, 0.2) is 0 Å². The summed E-state index contributed by atoms with van der Waals surface area (Å²) in [5.41, 5.74) is 2.30. The minimum absolute atomic E-state index is 0.404. The van der Waals surface area contributed by atoms with Crippen LogP contribution in [0.15, 0.2) is 42.6 Å². The molecule has 0 spiro atoms. The Balaban J connectivity index is 1.72. The van der Waals surface area contributed by atoms with Gasteiger partial charge in [0.25, 0.3) is 0 Å². The summed E-state index contributed by atoms with van der Waals surface area (Å²) in [5.74, 6) is -0.728. The van der Waals surface area contributed by atoms with Crippen LogP contribution in [0.2, 0.25) is 0 Å². The van der Waals surface area contributed by atoms with Gasteiger partial charge in [-0.2, -0.15) is 0 Å². The summed E-state index contributed by atoms with van der Waals surface area (Å²) < 4.78 is 0. The van der Waals surface area contributed by atoms with Crippen LogP contribution >= 0.6 is 0 Å². The standard InChI is InChI=1S/C16H18N2O2/c19-16(20)15(18-9-3-4-10-18)8-7-12-11-17-14-6-2-1-5-13(12)14/h1-6,11,15,17H,7-10H2,(H,19,20). The molecule has 4 heteroatoms. The van der Waals surface area contributed by atoms with E-state index in [1.54, 1.807) is 0 Å². The van der Waals surface area contributed by atoms with Crippen LogP contribution in [0, 0.1) is 0 Å². The summed E-state index contributed by atoms with van der Waals surface area (Å²) in [6, 6.07) is 7.72. The number of nitrogens with zero attached hydrogens (tertiary/aromatic N) is 1. The second-order valence-electron chi connectivity index (χ2n) is 5.18. The average Bonchev–Trinajstić information content (AvgIpc) is 3.09. The number of benzene rings is 1. The number of hydrogen-bond acceptors (Lipinski definition) is 2. The van der Waals surface area contributed by atoms with Crippen molar-refractivity contribution in [1.29, 1.82) is 0 Å². The molecule has 0 fully saturated rings. The zero-order valence-corrected chi connectivity index (χ0v) is 11.2. The van der Waals surface area contributed by atoms with Crippen LogP contribution in [-0.2, 0) is 11.2 Å². The van der Waals surface area contributed by atoms with E-state index >= 15 is 0 Å². The first-order chi connectivity index (χ1) is 9.75. The summed E-state index contributed by atoms with van der Waals surface area (Å²) in [6.07, 6.45) is 7.46. The molecule has 2 aromatic rings. The second kappa shape index (κ2) is 5.51. The van der Waals surface area contributed by atoms with E-state index in [1.807, 2.05) is 41.4 Å². The van der Waals surface area contributed by atoms with Crippen LogP contribution in [0.1, 0.15) is 12.0 Å². The van der Waals surface area contributed by atoms with Gasteiger partial charge in [-0.3, -0.25) is 9.69 Å². The van der Waals surface area contributed by atoms with Gasteiger partial charge in [-0.1, -0.05) is 30.4 Å². The maximum Gasteiger partial charge on any atom is 0.320 e. The Morgan fingerprint density at radius 1 is 1.30 bits per heavy atom. The number of carboxylic acid groups (broad SMARTS) is 1. The normalized spacial score (nSPS) is 16.8. The molecule has 2 heterocycles. The first kappa shape index (κ1) is 12.9. The quantitative estimate of drug-likeness (QED) is 0.820. The summed E-state index contributed by atoms with van der Waals surface area (Å²) in [6.45, 7) is 1.48. The van der Waals surface area contributed by atoms with Crippen LogP contribution in [0.25, 0.3) is 10.9 Å². The first-order valence-electron chi connectivity index (χ1n) is 6.92. The minimum Gasteiger partial charge on any atom is -0.480 e. The molecule has 2 N–H and O–H groups in total. The SMILES string of the molecule is O=C(O)C(CCc1c[nH]c2ccccc12)N1CC=CC1. The smallest absolute Gasteiger partial charge is 0.320 e. The monoisotopic (exact) mass is 270 g/mol. The highest BCUT2D eigenvalue weighted by Crippen LogP contribution is 2.21. The molecule has 0 saturated heterocycles. The highest BCUT2D eigenvalue weighted by Gasteiger charge is 2.25. The number of carbonyl (C=O) groups is 1. The van der Waals surface area contributed by atoms with Gasteiger partial charge in [-0.05, 0) is 24.5 Å². The molecule has 0 bridgehead atoms. The average molecular weight is 270 g/mol. The number of rotatable bonds is 5. The Hall–Kier alpha value is -2.07. The van der Waals surface area contributed by atoms with Crippen molar-refractivity contribution in [2.45, 2.75) is 18.9 Å². The molecule has 0 radical (unpaired) electrons. The van der Waals surface area contributed by atoms with Crippen molar-refractivity contribution in [2.24, 2.45) is 0 Å². The molecule has 104 valence electrons. The third-order valence-corrected chi connectivity index (χ3v) is 3.93. The summed E-state index contributed by atoms with van der Waals surface area (Å²) in [7, 11) is 0. The fourth-order valence-electron chi connectivity index (χ4n) is 2.84. The molecular formula is C16H18N2O2. The summed E-state index contributed by atoms with van der Waals surface area (Å²) in [4.78, 5) is 16.7. The third-order valence-electron chi connectivity index (χ3n) is 3.93. The molecule has 1 unspecified atom stereocenters. The maximum atomic E-state index is 11.4. The van der Waals surface area contributed by atoms with Crippen molar-refractivity contribution >= 4 is 16.9 Å². The Morgan fingerprint density at radius 3 is 2.80 bits per heavy atom. The molecule has 1 aromatic heterocycles. The summed E-state index contributed by atoms with van der Waals surface area (Å²) in [5, 5.41) is 10.6. The zero-order valence-electron chi connectivity index (χ0n) is 11.2. The van der Waals surface area contributed by atoms with Crippen LogP contribution in [0.5, 0.6) is 0 Å². The Kier molecular flexibility index (Phi) is 3.56. The number of aliphatic carboxylic acids is 1. The molecular weight excluding hydrogens is 252 g/mol. The number of fused-ring (bicyclic) bond motifs is 1. The number of nitrogens with one attached hydrogen (secondary N) is 1. The molecule has 0 amide bonds. The maximum absolute atomic E-state index is 11.4. The molecule has 1 aromatic carbocycles. The van der Waals surface area contributed by atoms with E-state index in [0.717, 1.165) is 25.0 Å². The molecule has 1 aliphatic rings. The molecule has 3 rings (SSSR count). The van der Waals surface area contributed by atoms with Gasteiger partial charge in [-0.25, -0.2) is 0 Å². The largest absolute Gasteiger partial charge is 0.480 e. The van der Waals surface area contributed by atoms with Gasteiger partial charge in [0.2, 0.25) is 0 Å². The van der Waals surface area contributed by atoms with Crippen LogP contribution in [0.3, 0.4) is 0 Å². The fourth-order valence-corrected chi connectivity index (χ4v) is 2.84. The van der Waals surface area contributed by atoms with Crippen molar-refractivity contribution in [1.82, 2.24) is 9.88 Å². The predicted octanol–water partition coefficient (Wildman–Crippen LogP) is 2.43. The topological polar surface area (TPSA) is 56.3 Å². The first-order valence-corrected chi connectivity index (χ1v) is 6.92. The highest BCUT2D eigenvalue weighted by molar-refractivity contribution is 5.83. The molecule has 1 aliphatic heterocycles. The van der Waals surface area contributed by atoms with Crippen LogP contribution in [-0.4, -0.2) is 40.1 Å². The van der Waals surface area contributed by atoms with E-state index in [-0.39, 0.29) is 0 Å². The lowest BCUT2D eigenvalue weighted by Gasteiger charge is -2.23. The number of carboxylic acids is 1. The molecule has 0 aliphatic carbocycles. The number of aromatic amines is 1. The lowest BCUT2D eigenvalue weighted by molar-refractivity contribution is -0.143. The van der Waals surface area contributed by atoms with Crippen molar-refractivity contribution in [3.63, 3.8) is 0 Å². The number of H-pyrrole nitrogens is 1. The van der Waals surface area contributed by atoms with E-state index in [1.165, 1.54) is 10.9 Å². The van der Waals surface area contributed by atoms with E-state index < -0.39 is 12.0 Å². The molecule has 1 atom stereocenters. The van der Waals surface area contributed by atoms with Gasteiger partial charge < -0.3 is 10.1 Å². The third kappa shape index (κ3) is 2.47. The van der Waals surface area contributed by atoms with E-state index in [4.69, 9.17) is 0 Å². The Bertz CT molecular complexity index is 637. The number of hydrogen-bond donors (Lipinski definition) is 2. The lowest BCUT2D eigenvalue weighted by Crippen LogP contribution is -2.39. The van der Waals surface area contributed by atoms with Gasteiger partial charge >= 0.3 is 5.97 Å². The van der Waals surface area contributed by atoms with Crippen molar-refractivity contribution in [3.8, 4) is 0 Å². The van der Waals surface area contributed by atoms with E-state index in [2.05, 4.69) is 11.1 Å². The number of aromatic nitrogens is 1.